The summed E-state index contributed by atoms with van der Waals surface area (Å²) in [4.78, 5) is 46.9. The van der Waals surface area contributed by atoms with Gasteiger partial charge in [-0.15, -0.1) is 0 Å². The SMILES string of the molecule is COc1cc(Cc2cnc(NC(=O)C(C)C)nc2NC(=O)C(C)C)c(C(=O)/C=C/C2CC2)c(OC)c1OC. The number of ketones is 1. The van der Waals surface area contributed by atoms with Crippen LogP contribution in [0, 0.1) is 17.8 Å². The van der Waals surface area contributed by atoms with Crippen LogP contribution in [0.1, 0.15) is 62.0 Å². The summed E-state index contributed by atoms with van der Waals surface area (Å²) in [6, 6.07) is 1.71. The predicted octanol–water partition coefficient (Wildman–Crippen LogP) is 4.43. The molecule has 1 aromatic heterocycles. The summed E-state index contributed by atoms with van der Waals surface area (Å²) >= 11 is 0. The normalized spacial score (nSPS) is 13.1. The second-order valence-electron chi connectivity index (χ2n) is 9.77. The van der Waals surface area contributed by atoms with Crippen LogP contribution in [0.2, 0.25) is 0 Å². The lowest BCUT2D eigenvalue weighted by molar-refractivity contribution is -0.119. The molecular formula is C28H36N4O6. The lowest BCUT2D eigenvalue weighted by Crippen LogP contribution is -2.23. The third-order valence-corrected chi connectivity index (χ3v) is 6.07. The van der Waals surface area contributed by atoms with Crippen LogP contribution in [0.5, 0.6) is 17.2 Å². The topological polar surface area (TPSA) is 129 Å². The van der Waals surface area contributed by atoms with Crippen LogP contribution in [0.4, 0.5) is 11.8 Å². The zero-order chi connectivity index (χ0) is 28.0. The number of carbonyl (C=O) groups excluding carboxylic acids is 3. The Bertz CT molecular complexity index is 1230. The molecule has 38 heavy (non-hydrogen) atoms. The van der Waals surface area contributed by atoms with Gasteiger partial charge in [-0.2, -0.15) is 4.98 Å². The molecule has 2 amide bonds. The Balaban J connectivity index is 2.12. The largest absolute Gasteiger partial charge is 0.493 e. The highest BCUT2D eigenvalue weighted by Crippen LogP contribution is 2.43. The number of hydrogen-bond acceptors (Lipinski definition) is 8. The Morgan fingerprint density at radius 3 is 2.13 bits per heavy atom. The minimum Gasteiger partial charge on any atom is -0.493 e. The first-order valence-corrected chi connectivity index (χ1v) is 12.6. The molecule has 1 aliphatic carbocycles. The fourth-order valence-corrected chi connectivity index (χ4v) is 3.64. The molecule has 0 atom stereocenters. The Hall–Kier alpha value is -3.95. The van der Waals surface area contributed by atoms with Gasteiger partial charge in [0.1, 0.15) is 5.82 Å². The maximum atomic E-state index is 13.4. The van der Waals surface area contributed by atoms with Crippen molar-refractivity contribution in [2.75, 3.05) is 32.0 Å². The van der Waals surface area contributed by atoms with Gasteiger partial charge >= 0.3 is 0 Å². The zero-order valence-electron chi connectivity index (χ0n) is 23.0. The molecule has 2 aromatic rings. The predicted molar refractivity (Wildman–Crippen MR) is 144 cm³/mol. The molecule has 0 radical (unpaired) electrons. The van der Waals surface area contributed by atoms with Crippen molar-refractivity contribution in [1.82, 2.24) is 9.97 Å². The first kappa shape index (κ1) is 28.6. The number of aromatic nitrogens is 2. The average Bonchev–Trinajstić information content (AvgIpc) is 3.72. The molecule has 1 fully saturated rings. The molecule has 1 aliphatic rings. The van der Waals surface area contributed by atoms with E-state index < -0.39 is 0 Å². The van der Waals surface area contributed by atoms with Crippen molar-refractivity contribution >= 4 is 29.4 Å². The number of allylic oxidation sites excluding steroid dienone is 2. The van der Waals surface area contributed by atoms with Crippen molar-refractivity contribution in [3.63, 3.8) is 0 Å². The number of nitrogens with zero attached hydrogens (tertiary/aromatic N) is 2. The fourth-order valence-electron chi connectivity index (χ4n) is 3.64. The van der Waals surface area contributed by atoms with Gasteiger partial charge in [0, 0.05) is 30.0 Å². The zero-order valence-corrected chi connectivity index (χ0v) is 23.0. The van der Waals surface area contributed by atoms with Crippen molar-refractivity contribution in [2.24, 2.45) is 17.8 Å². The molecular weight excluding hydrogens is 488 g/mol. The first-order valence-electron chi connectivity index (χ1n) is 12.6. The Morgan fingerprint density at radius 2 is 1.58 bits per heavy atom. The van der Waals surface area contributed by atoms with Crippen LogP contribution in [0.25, 0.3) is 0 Å². The molecule has 0 aliphatic heterocycles. The number of carbonyl (C=O) groups is 3. The van der Waals surface area contributed by atoms with E-state index >= 15 is 0 Å². The minimum atomic E-state index is -0.308. The van der Waals surface area contributed by atoms with E-state index in [4.69, 9.17) is 14.2 Å². The van der Waals surface area contributed by atoms with E-state index in [2.05, 4.69) is 20.6 Å². The summed E-state index contributed by atoms with van der Waals surface area (Å²) in [5.74, 6) is 0.335. The second-order valence-corrected chi connectivity index (χ2v) is 9.77. The quantitative estimate of drug-likeness (QED) is 0.308. The molecule has 0 bridgehead atoms. The molecule has 2 N–H and O–H groups in total. The van der Waals surface area contributed by atoms with E-state index in [-0.39, 0.29) is 53.4 Å². The monoisotopic (exact) mass is 524 g/mol. The Kier molecular flexibility index (Phi) is 9.44. The van der Waals surface area contributed by atoms with Crippen LogP contribution in [-0.2, 0) is 16.0 Å². The van der Waals surface area contributed by atoms with Crippen molar-refractivity contribution in [2.45, 2.75) is 47.0 Å². The van der Waals surface area contributed by atoms with E-state index in [1.54, 1.807) is 39.8 Å². The van der Waals surface area contributed by atoms with Crippen LogP contribution in [-0.4, -0.2) is 48.9 Å². The Labute approximate surface area is 223 Å². The number of nitrogens with one attached hydrogen (secondary N) is 2. The van der Waals surface area contributed by atoms with Gasteiger partial charge < -0.3 is 19.5 Å². The molecule has 10 heteroatoms. The van der Waals surface area contributed by atoms with E-state index in [1.165, 1.54) is 27.5 Å². The van der Waals surface area contributed by atoms with Gasteiger partial charge in [-0.1, -0.05) is 33.8 Å². The first-order chi connectivity index (χ1) is 18.1. The fraction of sp³-hybridized carbons (Fsp3) is 0.464. The highest BCUT2D eigenvalue weighted by atomic mass is 16.5. The molecule has 204 valence electrons. The number of amides is 2. The molecule has 10 nitrogen and oxygen atoms in total. The smallest absolute Gasteiger partial charge is 0.231 e. The van der Waals surface area contributed by atoms with E-state index in [0.717, 1.165) is 12.8 Å². The molecule has 3 rings (SSSR count). The minimum absolute atomic E-state index is 0.0695. The lowest BCUT2D eigenvalue weighted by atomic mass is 9.95. The molecule has 0 spiro atoms. The van der Waals surface area contributed by atoms with Crippen LogP contribution < -0.4 is 24.8 Å². The number of anilines is 2. The van der Waals surface area contributed by atoms with Gasteiger partial charge in [-0.25, -0.2) is 4.98 Å². The van der Waals surface area contributed by atoms with Crippen LogP contribution in [0.15, 0.2) is 24.4 Å². The van der Waals surface area contributed by atoms with Crippen molar-refractivity contribution in [3.05, 3.63) is 41.1 Å². The highest BCUT2D eigenvalue weighted by Gasteiger charge is 2.26. The lowest BCUT2D eigenvalue weighted by Gasteiger charge is -2.19. The van der Waals surface area contributed by atoms with E-state index in [0.29, 0.717) is 34.1 Å². The summed E-state index contributed by atoms with van der Waals surface area (Å²) in [5.41, 5.74) is 1.43. The number of rotatable bonds is 12. The van der Waals surface area contributed by atoms with Crippen molar-refractivity contribution in [1.29, 1.82) is 0 Å². The summed E-state index contributed by atoms with van der Waals surface area (Å²) < 4.78 is 16.7. The average molecular weight is 525 g/mol. The standard InChI is InChI=1S/C28H36N4O6/c1-15(2)26(34)30-25-19(14-29-28(31-25)32-27(35)16(3)4)12-18-13-21(36-5)23(37-6)24(38-7)22(18)20(33)11-10-17-8-9-17/h10-11,13-17H,8-9,12H2,1-7H3,(H2,29,30,31,32,34,35)/b11-10+. The molecule has 0 saturated heterocycles. The number of benzene rings is 1. The number of ether oxygens (including phenoxy) is 3. The van der Waals surface area contributed by atoms with E-state index in [1.807, 2.05) is 6.08 Å². The van der Waals surface area contributed by atoms with Gasteiger partial charge in [0.2, 0.25) is 23.5 Å². The summed E-state index contributed by atoms with van der Waals surface area (Å²) in [5, 5.41) is 5.48. The van der Waals surface area contributed by atoms with Gasteiger partial charge in [-0.05, 0) is 36.5 Å². The molecule has 0 unspecified atom stereocenters. The van der Waals surface area contributed by atoms with Gasteiger partial charge in [0.25, 0.3) is 0 Å². The summed E-state index contributed by atoms with van der Waals surface area (Å²) in [7, 11) is 4.44. The highest BCUT2D eigenvalue weighted by molar-refractivity contribution is 6.08. The number of hydrogen-bond donors (Lipinski definition) is 2. The molecule has 1 saturated carbocycles. The second kappa shape index (κ2) is 12.5. The summed E-state index contributed by atoms with van der Waals surface area (Å²) in [6.45, 7) is 7.04. The van der Waals surface area contributed by atoms with Crippen molar-refractivity contribution in [3.8, 4) is 17.2 Å². The van der Waals surface area contributed by atoms with Gasteiger partial charge in [0.05, 0.1) is 26.9 Å². The van der Waals surface area contributed by atoms with Gasteiger partial charge in [0.15, 0.2) is 17.3 Å². The maximum absolute atomic E-state index is 13.4. The van der Waals surface area contributed by atoms with Gasteiger partial charge in [-0.3, -0.25) is 19.7 Å². The van der Waals surface area contributed by atoms with Crippen LogP contribution in [0.3, 0.4) is 0 Å². The third-order valence-electron chi connectivity index (χ3n) is 6.07. The van der Waals surface area contributed by atoms with Crippen LogP contribution >= 0.6 is 0 Å². The van der Waals surface area contributed by atoms with Crippen molar-refractivity contribution < 1.29 is 28.6 Å². The third kappa shape index (κ3) is 6.87. The number of methoxy groups -OCH3 is 3. The molecule has 1 heterocycles. The van der Waals surface area contributed by atoms with E-state index in [9.17, 15) is 14.4 Å². The maximum Gasteiger partial charge on any atom is 0.231 e. The summed E-state index contributed by atoms with van der Waals surface area (Å²) in [6.07, 6.45) is 7.29. The Morgan fingerprint density at radius 1 is 0.947 bits per heavy atom. The molecule has 1 aromatic carbocycles.